The Labute approximate surface area is 95.8 Å². The molecule has 2 N–H and O–H groups in total. The van der Waals surface area contributed by atoms with E-state index in [1.165, 1.54) is 0 Å². The number of hydrogen-bond acceptors (Lipinski definition) is 2. The SMILES string of the molecule is CC1CCN(C(=O)NCC(C)C(=O)O)CC1. The molecule has 5 nitrogen and oxygen atoms in total. The van der Waals surface area contributed by atoms with E-state index in [1.807, 2.05) is 0 Å². The van der Waals surface area contributed by atoms with Gasteiger partial charge in [-0.25, -0.2) is 4.79 Å². The minimum absolute atomic E-state index is 0.139. The summed E-state index contributed by atoms with van der Waals surface area (Å²) < 4.78 is 0. The quantitative estimate of drug-likeness (QED) is 0.761. The number of carboxylic acids is 1. The molecule has 92 valence electrons. The fraction of sp³-hybridized carbons (Fsp3) is 0.818. The van der Waals surface area contributed by atoms with Gasteiger partial charge in [0.1, 0.15) is 0 Å². The predicted molar refractivity (Wildman–Crippen MR) is 60.2 cm³/mol. The third-order valence-electron chi connectivity index (χ3n) is 3.05. The van der Waals surface area contributed by atoms with Gasteiger partial charge in [0.05, 0.1) is 5.92 Å². The van der Waals surface area contributed by atoms with Crippen LogP contribution in [-0.4, -0.2) is 41.6 Å². The lowest BCUT2D eigenvalue weighted by Crippen LogP contribution is -2.45. The van der Waals surface area contributed by atoms with Crippen molar-refractivity contribution in [3.8, 4) is 0 Å². The van der Waals surface area contributed by atoms with Crippen LogP contribution < -0.4 is 5.32 Å². The molecular formula is C11H20N2O3. The molecule has 0 aromatic rings. The van der Waals surface area contributed by atoms with E-state index >= 15 is 0 Å². The van der Waals surface area contributed by atoms with Crippen molar-refractivity contribution in [1.82, 2.24) is 10.2 Å². The Morgan fingerprint density at radius 1 is 1.44 bits per heavy atom. The van der Waals surface area contributed by atoms with Crippen LogP contribution in [0.15, 0.2) is 0 Å². The number of rotatable bonds is 3. The zero-order chi connectivity index (χ0) is 12.1. The van der Waals surface area contributed by atoms with Crippen molar-refractivity contribution in [3.05, 3.63) is 0 Å². The lowest BCUT2D eigenvalue weighted by molar-refractivity contribution is -0.140. The molecule has 0 bridgehead atoms. The first-order chi connectivity index (χ1) is 7.50. The summed E-state index contributed by atoms with van der Waals surface area (Å²) in [6.45, 7) is 5.51. The second kappa shape index (κ2) is 5.72. The van der Waals surface area contributed by atoms with Gasteiger partial charge in [0.2, 0.25) is 0 Å². The number of aliphatic carboxylic acids is 1. The molecule has 0 saturated carbocycles. The molecule has 1 saturated heterocycles. The highest BCUT2D eigenvalue weighted by atomic mass is 16.4. The second-order valence-electron chi connectivity index (χ2n) is 4.59. The number of hydrogen-bond donors (Lipinski definition) is 2. The molecule has 1 atom stereocenters. The van der Waals surface area contributed by atoms with Crippen molar-refractivity contribution in [3.63, 3.8) is 0 Å². The van der Waals surface area contributed by atoms with Gasteiger partial charge in [0, 0.05) is 19.6 Å². The maximum atomic E-state index is 11.7. The number of carbonyl (C=O) groups is 2. The Morgan fingerprint density at radius 2 is 2.00 bits per heavy atom. The van der Waals surface area contributed by atoms with E-state index in [0.29, 0.717) is 5.92 Å². The molecule has 2 amide bonds. The number of nitrogens with zero attached hydrogens (tertiary/aromatic N) is 1. The van der Waals surface area contributed by atoms with Gasteiger partial charge in [-0.3, -0.25) is 4.79 Å². The number of carboxylic acid groups (broad SMARTS) is 1. The number of amides is 2. The molecule has 0 aliphatic carbocycles. The predicted octanol–water partition coefficient (Wildman–Crippen LogP) is 1.15. The summed E-state index contributed by atoms with van der Waals surface area (Å²) in [6, 6.07) is -0.139. The van der Waals surface area contributed by atoms with Gasteiger partial charge in [0.25, 0.3) is 0 Å². The molecule has 1 heterocycles. The zero-order valence-corrected chi connectivity index (χ0v) is 9.90. The summed E-state index contributed by atoms with van der Waals surface area (Å²) in [5.41, 5.74) is 0. The summed E-state index contributed by atoms with van der Waals surface area (Å²) >= 11 is 0. The number of piperidine rings is 1. The van der Waals surface area contributed by atoms with E-state index in [-0.39, 0.29) is 12.6 Å². The average Bonchev–Trinajstić information content (AvgIpc) is 2.26. The maximum Gasteiger partial charge on any atom is 0.317 e. The molecule has 1 unspecified atom stereocenters. The van der Waals surface area contributed by atoms with Gasteiger partial charge in [0.15, 0.2) is 0 Å². The van der Waals surface area contributed by atoms with Crippen molar-refractivity contribution in [2.75, 3.05) is 19.6 Å². The van der Waals surface area contributed by atoms with Gasteiger partial charge in [-0.15, -0.1) is 0 Å². The Balaban J connectivity index is 2.27. The Morgan fingerprint density at radius 3 is 2.50 bits per heavy atom. The molecule has 1 aliphatic heterocycles. The van der Waals surface area contributed by atoms with E-state index in [2.05, 4.69) is 12.2 Å². The monoisotopic (exact) mass is 228 g/mol. The van der Waals surface area contributed by atoms with E-state index in [1.54, 1.807) is 11.8 Å². The average molecular weight is 228 g/mol. The van der Waals surface area contributed by atoms with Crippen molar-refractivity contribution in [2.45, 2.75) is 26.7 Å². The molecule has 5 heteroatoms. The second-order valence-corrected chi connectivity index (χ2v) is 4.59. The normalized spacial score (nSPS) is 19.2. The van der Waals surface area contributed by atoms with Crippen LogP contribution >= 0.6 is 0 Å². The van der Waals surface area contributed by atoms with Crippen LogP contribution in [0.25, 0.3) is 0 Å². The summed E-state index contributed by atoms with van der Waals surface area (Å²) in [5, 5.41) is 11.3. The van der Waals surface area contributed by atoms with Crippen LogP contribution in [0.3, 0.4) is 0 Å². The van der Waals surface area contributed by atoms with Crippen molar-refractivity contribution in [1.29, 1.82) is 0 Å². The van der Waals surface area contributed by atoms with Gasteiger partial charge >= 0.3 is 12.0 Å². The lowest BCUT2D eigenvalue weighted by atomic mass is 10.00. The Hall–Kier alpha value is -1.26. The van der Waals surface area contributed by atoms with E-state index < -0.39 is 11.9 Å². The molecule has 0 aromatic carbocycles. The fourth-order valence-corrected chi connectivity index (χ4v) is 1.65. The largest absolute Gasteiger partial charge is 0.481 e. The van der Waals surface area contributed by atoms with Crippen LogP contribution in [0, 0.1) is 11.8 Å². The number of likely N-dealkylation sites (tertiary alicyclic amines) is 1. The van der Waals surface area contributed by atoms with Gasteiger partial charge in [-0.05, 0) is 18.8 Å². The summed E-state index contributed by atoms with van der Waals surface area (Å²) in [5.74, 6) is -0.734. The Bertz CT molecular complexity index is 260. The number of nitrogens with one attached hydrogen (secondary N) is 1. The van der Waals surface area contributed by atoms with Crippen molar-refractivity contribution < 1.29 is 14.7 Å². The van der Waals surface area contributed by atoms with E-state index in [4.69, 9.17) is 5.11 Å². The molecule has 0 aromatic heterocycles. The van der Waals surface area contributed by atoms with Crippen LogP contribution in [-0.2, 0) is 4.79 Å². The van der Waals surface area contributed by atoms with Gasteiger partial charge in [-0.1, -0.05) is 13.8 Å². The fourth-order valence-electron chi connectivity index (χ4n) is 1.65. The molecule has 16 heavy (non-hydrogen) atoms. The van der Waals surface area contributed by atoms with Crippen LogP contribution in [0.2, 0.25) is 0 Å². The van der Waals surface area contributed by atoms with E-state index in [9.17, 15) is 9.59 Å². The minimum atomic E-state index is -0.882. The highest BCUT2D eigenvalue weighted by molar-refractivity contribution is 5.75. The van der Waals surface area contributed by atoms with Crippen molar-refractivity contribution in [2.24, 2.45) is 11.8 Å². The standard InChI is InChI=1S/C11H20N2O3/c1-8-3-5-13(6-4-8)11(16)12-7-9(2)10(14)15/h8-9H,3-7H2,1-2H3,(H,12,16)(H,14,15). The molecule has 1 aliphatic rings. The third kappa shape index (κ3) is 3.72. The zero-order valence-electron chi connectivity index (χ0n) is 9.90. The summed E-state index contributed by atoms with van der Waals surface area (Å²) in [4.78, 5) is 24.0. The maximum absolute atomic E-state index is 11.7. The highest BCUT2D eigenvalue weighted by Crippen LogP contribution is 2.15. The van der Waals surface area contributed by atoms with Crippen LogP contribution in [0.5, 0.6) is 0 Å². The van der Waals surface area contributed by atoms with Crippen molar-refractivity contribution >= 4 is 12.0 Å². The lowest BCUT2D eigenvalue weighted by Gasteiger charge is -2.30. The summed E-state index contributed by atoms with van der Waals surface area (Å²) in [6.07, 6.45) is 2.06. The van der Waals surface area contributed by atoms with Gasteiger partial charge < -0.3 is 15.3 Å². The first kappa shape index (κ1) is 12.8. The van der Waals surface area contributed by atoms with Crippen LogP contribution in [0.1, 0.15) is 26.7 Å². The third-order valence-corrected chi connectivity index (χ3v) is 3.05. The number of carbonyl (C=O) groups excluding carboxylic acids is 1. The molecule has 0 spiro atoms. The van der Waals surface area contributed by atoms with Gasteiger partial charge in [-0.2, -0.15) is 0 Å². The minimum Gasteiger partial charge on any atom is -0.481 e. The van der Waals surface area contributed by atoms with E-state index in [0.717, 1.165) is 25.9 Å². The molecule has 1 fully saturated rings. The highest BCUT2D eigenvalue weighted by Gasteiger charge is 2.21. The topological polar surface area (TPSA) is 69.6 Å². The Kier molecular flexibility index (Phi) is 4.58. The first-order valence-electron chi connectivity index (χ1n) is 5.76. The van der Waals surface area contributed by atoms with Crippen LogP contribution in [0.4, 0.5) is 4.79 Å². The molecule has 1 rings (SSSR count). The summed E-state index contributed by atoms with van der Waals surface area (Å²) in [7, 11) is 0. The smallest absolute Gasteiger partial charge is 0.317 e. The molecular weight excluding hydrogens is 208 g/mol. The molecule has 0 radical (unpaired) electrons. The number of urea groups is 1. The first-order valence-corrected chi connectivity index (χ1v) is 5.76.